The second-order valence-electron chi connectivity index (χ2n) is 3.74. The summed E-state index contributed by atoms with van der Waals surface area (Å²) in [6, 6.07) is 0.338. The van der Waals surface area contributed by atoms with Gasteiger partial charge in [-0.3, -0.25) is 4.90 Å². The lowest BCUT2D eigenvalue weighted by molar-refractivity contribution is -0.00307. The molecule has 0 N–H and O–H groups in total. The van der Waals surface area contributed by atoms with E-state index in [1.807, 2.05) is 6.92 Å². The van der Waals surface area contributed by atoms with Crippen LogP contribution in [0.3, 0.4) is 0 Å². The van der Waals surface area contributed by atoms with Gasteiger partial charge in [-0.25, -0.2) is 4.98 Å². The quantitative estimate of drug-likeness (QED) is 0.762. The summed E-state index contributed by atoms with van der Waals surface area (Å²) in [6.07, 6.45) is 0. The fourth-order valence-electron chi connectivity index (χ4n) is 1.69. The summed E-state index contributed by atoms with van der Waals surface area (Å²) < 4.78 is 5.40. The monoisotopic (exact) mass is 246 g/mol. The molecule has 1 fully saturated rings. The Balaban J connectivity index is 1.97. The molecule has 15 heavy (non-hydrogen) atoms. The van der Waals surface area contributed by atoms with Crippen LogP contribution >= 0.6 is 22.9 Å². The second kappa shape index (κ2) is 5.25. The normalized spacial score (nSPS) is 23.2. The first-order valence-electron chi connectivity index (χ1n) is 5.08. The fourth-order valence-corrected chi connectivity index (χ4v) is 2.77. The Morgan fingerprint density at radius 1 is 1.73 bits per heavy atom. The predicted octanol–water partition coefficient (Wildman–Crippen LogP) is 1.89. The molecule has 0 aliphatic carbocycles. The van der Waals surface area contributed by atoms with Gasteiger partial charge in [0, 0.05) is 29.5 Å². The Hall–Kier alpha value is -0.160. The molecule has 1 aliphatic heterocycles. The number of alkyl halides is 1. The summed E-state index contributed by atoms with van der Waals surface area (Å²) in [5, 5.41) is 3.26. The van der Waals surface area contributed by atoms with E-state index in [4.69, 9.17) is 16.3 Å². The van der Waals surface area contributed by atoms with Crippen LogP contribution in [0.5, 0.6) is 0 Å². The number of morpholine rings is 1. The molecule has 1 aromatic heterocycles. The molecule has 1 aromatic rings. The Labute approximate surface area is 99.0 Å². The third-order valence-electron chi connectivity index (χ3n) is 2.53. The molecule has 0 radical (unpaired) electrons. The predicted molar refractivity (Wildman–Crippen MR) is 62.6 cm³/mol. The van der Waals surface area contributed by atoms with Crippen LogP contribution in [0.1, 0.15) is 10.7 Å². The zero-order valence-electron chi connectivity index (χ0n) is 8.78. The van der Waals surface area contributed by atoms with Gasteiger partial charge in [0.1, 0.15) is 5.01 Å². The number of halogens is 1. The molecule has 0 spiro atoms. The SMILES string of the molecule is Cc1csc(CN2CCOCC2CCl)n1. The van der Waals surface area contributed by atoms with E-state index in [0.717, 1.165) is 32.0 Å². The average molecular weight is 247 g/mol. The van der Waals surface area contributed by atoms with Gasteiger partial charge in [0.25, 0.3) is 0 Å². The van der Waals surface area contributed by atoms with Gasteiger partial charge >= 0.3 is 0 Å². The smallest absolute Gasteiger partial charge is 0.107 e. The molecule has 1 saturated heterocycles. The van der Waals surface area contributed by atoms with Crippen molar-refractivity contribution in [1.82, 2.24) is 9.88 Å². The van der Waals surface area contributed by atoms with E-state index in [1.165, 1.54) is 5.01 Å². The summed E-state index contributed by atoms with van der Waals surface area (Å²) in [6.45, 7) is 5.43. The highest BCUT2D eigenvalue weighted by atomic mass is 35.5. The van der Waals surface area contributed by atoms with Gasteiger partial charge in [-0.05, 0) is 6.92 Å². The molecule has 84 valence electrons. The number of hydrogen-bond acceptors (Lipinski definition) is 4. The van der Waals surface area contributed by atoms with Crippen molar-refractivity contribution >= 4 is 22.9 Å². The highest BCUT2D eigenvalue weighted by molar-refractivity contribution is 7.09. The van der Waals surface area contributed by atoms with Crippen LogP contribution in [-0.2, 0) is 11.3 Å². The van der Waals surface area contributed by atoms with Crippen molar-refractivity contribution in [3.63, 3.8) is 0 Å². The Morgan fingerprint density at radius 3 is 3.27 bits per heavy atom. The number of hydrogen-bond donors (Lipinski definition) is 0. The molecule has 1 aliphatic rings. The molecule has 0 aromatic carbocycles. The van der Waals surface area contributed by atoms with Crippen LogP contribution in [-0.4, -0.2) is 41.6 Å². The van der Waals surface area contributed by atoms with E-state index in [9.17, 15) is 0 Å². The van der Waals surface area contributed by atoms with Gasteiger partial charge in [0.05, 0.1) is 19.8 Å². The van der Waals surface area contributed by atoms with Crippen LogP contribution in [0, 0.1) is 6.92 Å². The molecule has 0 amide bonds. The third-order valence-corrected chi connectivity index (χ3v) is 3.84. The molecular formula is C10H15ClN2OS. The van der Waals surface area contributed by atoms with Gasteiger partial charge in [0.15, 0.2) is 0 Å². The second-order valence-corrected chi connectivity index (χ2v) is 4.99. The molecule has 0 saturated carbocycles. The molecule has 1 atom stereocenters. The van der Waals surface area contributed by atoms with Crippen LogP contribution in [0.4, 0.5) is 0 Å². The molecule has 1 unspecified atom stereocenters. The standard InChI is InChI=1S/C10H15ClN2OS/c1-8-7-15-10(12-8)5-13-2-3-14-6-9(13)4-11/h7,9H,2-6H2,1H3. The Morgan fingerprint density at radius 2 is 2.60 bits per heavy atom. The average Bonchev–Trinajstić information content (AvgIpc) is 2.65. The fraction of sp³-hybridized carbons (Fsp3) is 0.700. The molecule has 2 rings (SSSR count). The number of thiazole rings is 1. The first kappa shape index (κ1) is 11.3. The molecule has 2 heterocycles. The van der Waals surface area contributed by atoms with Gasteiger partial charge in [-0.1, -0.05) is 0 Å². The van der Waals surface area contributed by atoms with Crippen LogP contribution in [0.25, 0.3) is 0 Å². The largest absolute Gasteiger partial charge is 0.378 e. The maximum atomic E-state index is 5.91. The zero-order valence-corrected chi connectivity index (χ0v) is 10.4. The minimum absolute atomic E-state index is 0.338. The van der Waals surface area contributed by atoms with E-state index < -0.39 is 0 Å². The summed E-state index contributed by atoms with van der Waals surface area (Å²) in [7, 11) is 0. The maximum absolute atomic E-state index is 5.91. The first-order chi connectivity index (χ1) is 7.29. The minimum Gasteiger partial charge on any atom is -0.378 e. The van der Waals surface area contributed by atoms with Gasteiger partial charge < -0.3 is 4.74 Å². The highest BCUT2D eigenvalue weighted by Gasteiger charge is 2.22. The van der Waals surface area contributed by atoms with E-state index in [1.54, 1.807) is 11.3 Å². The molecule has 0 bridgehead atoms. The van der Waals surface area contributed by atoms with Crippen molar-refractivity contribution in [1.29, 1.82) is 0 Å². The van der Waals surface area contributed by atoms with Crippen molar-refractivity contribution in [2.45, 2.75) is 19.5 Å². The molecule has 5 heteroatoms. The first-order valence-corrected chi connectivity index (χ1v) is 6.50. The molecular weight excluding hydrogens is 232 g/mol. The number of nitrogens with zero attached hydrogens (tertiary/aromatic N) is 2. The summed E-state index contributed by atoms with van der Waals surface area (Å²) in [5.74, 6) is 0.629. The Kier molecular flexibility index (Phi) is 3.97. The summed E-state index contributed by atoms with van der Waals surface area (Å²) in [4.78, 5) is 6.82. The number of rotatable bonds is 3. The van der Waals surface area contributed by atoms with Crippen molar-refractivity contribution in [3.05, 3.63) is 16.1 Å². The number of aromatic nitrogens is 1. The van der Waals surface area contributed by atoms with E-state index in [2.05, 4.69) is 15.3 Å². The van der Waals surface area contributed by atoms with E-state index in [0.29, 0.717) is 11.9 Å². The third kappa shape index (κ3) is 2.91. The number of aryl methyl sites for hydroxylation is 1. The lowest BCUT2D eigenvalue weighted by atomic mass is 10.2. The summed E-state index contributed by atoms with van der Waals surface area (Å²) >= 11 is 7.63. The van der Waals surface area contributed by atoms with E-state index in [-0.39, 0.29) is 0 Å². The van der Waals surface area contributed by atoms with Gasteiger partial charge in [-0.2, -0.15) is 0 Å². The summed E-state index contributed by atoms with van der Waals surface area (Å²) in [5.41, 5.74) is 1.10. The Bertz CT molecular complexity index is 318. The van der Waals surface area contributed by atoms with Crippen molar-refractivity contribution < 1.29 is 4.74 Å². The minimum atomic E-state index is 0.338. The highest BCUT2D eigenvalue weighted by Crippen LogP contribution is 2.16. The number of ether oxygens (including phenoxy) is 1. The van der Waals surface area contributed by atoms with Crippen molar-refractivity contribution in [2.24, 2.45) is 0 Å². The topological polar surface area (TPSA) is 25.4 Å². The van der Waals surface area contributed by atoms with Gasteiger partial charge in [0.2, 0.25) is 0 Å². The molecule has 3 nitrogen and oxygen atoms in total. The van der Waals surface area contributed by atoms with Crippen molar-refractivity contribution in [2.75, 3.05) is 25.6 Å². The van der Waals surface area contributed by atoms with Crippen LogP contribution < -0.4 is 0 Å². The zero-order chi connectivity index (χ0) is 10.7. The maximum Gasteiger partial charge on any atom is 0.107 e. The van der Waals surface area contributed by atoms with E-state index >= 15 is 0 Å². The van der Waals surface area contributed by atoms with Crippen molar-refractivity contribution in [3.8, 4) is 0 Å². The van der Waals surface area contributed by atoms with Crippen LogP contribution in [0.2, 0.25) is 0 Å². The van der Waals surface area contributed by atoms with Gasteiger partial charge in [-0.15, -0.1) is 22.9 Å². The lowest BCUT2D eigenvalue weighted by Crippen LogP contribution is -2.45. The lowest BCUT2D eigenvalue weighted by Gasteiger charge is -2.33. The van der Waals surface area contributed by atoms with Crippen LogP contribution in [0.15, 0.2) is 5.38 Å².